The summed E-state index contributed by atoms with van der Waals surface area (Å²) in [6.45, 7) is 2.57. The zero-order chi connectivity index (χ0) is 16.7. The standard InChI is InChI=1S/C16H18F3N3O/c1-15(16(17,18)19)10-11(12-5-7-14(23)21-20-12)4-6-13(15)22-8-2-3-9-22/h4-7H,2-3,8-10H2,1H3,(H,21,23). The molecule has 0 amide bonds. The molecule has 0 saturated carbocycles. The van der Waals surface area contributed by atoms with Gasteiger partial charge in [-0.1, -0.05) is 6.08 Å². The van der Waals surface area contributed by atoms with Gasteiger partial charge in [-0.3, -0.25) is 4.79 Å². The highest BCUT2D eigenvalue weighted by Gasteiger charge is 2.56. The lowest BCUT2D eigenvalue weighted by atomic mass is 9.75. The second kappa shape index (κ2) is 5.54. The average molecular weight is 325 g/mol. The van der Waals surface area contributed by atoms with E-state index in [0.29, 0.717) is 30.1 Å². The van der Waals surface area contributed by atoms with Crippen molar-refractivity contribution < 1.29 is 13.2 Å². The normalized spacial score (nSPS) is 25.3. The van der Waals surface area contributed by atoms with E-state index in [0.717, 1.165) is 12.8 Å². The van der Waals surface area contributed by atoms with Gasteiger partial charge in [-0.15, -0.1) is 0 Å². The van der Waals surface area contributed by atoms with Crippen LogP contribution < -0.4 is 5.56 Å². The Morgan fingerprint density at radius 1 is 1.22 bits per heavy atom. The molecule has 1 unspecified atom stereocenters. The highest BCUT2D eigenvalue weighted by molar-refractivity contribution is 5.67. The summed E-state index contributed by atoms with van der Waals surface area (Å²) < 4.78 is 41.4. The fraction of sp³-hybridized carbons (Fsp3) is 0.500. The number of H-pyrrole nitrogens is 1. The third kappa shape index (κ3) is 2.80. The fourth-order valence-corrected chi connectivity index (χ4v) is 3.25. The van der Waals surface area contributed by atoms with E-state index in [1.807, 2.05) is 4.90 Å². The van der Waals surface area contributed by atoms with Crippen LogP contribution in [0.1, 0.15) is 31.9 Å². The van der Waals surface area contributed by atoms with Crippen LogP contribution in [0.2, 0.25) is 0 Å². The van der Waals surface area contributed by atoms with Gasteiger partial charge in [-0.05, 0) is 43.9 Å². The van der Waals surface area contributed by atoms with Gasteiger partial charge in [0.15, 0.2) is 0 Å². The first-order valence-corrected chi connectivity index (χ1v) is 7.60. The lowest BCUT2D eigenvalue weighted by molar-refractivity contribution is -0.208. The summed E-state index contributed by atoms with van der Waals surface area (Å²) in [4.78, 5) is 12.9. The number of nitrogens with one attached hydrogen (secondary N) is 1. The van der Waals surface area contributed by atoms with Crippen molar-refractivity contribution in [2.45, 2.75) is 32.4 Å². The van der Waals surface area contributed by atoms with Crippen LogP contribution in [0.4, 0.5) is 13.2 Å². The maximum Gasteiger partial charge on any atom is 0.399 e. The summed E-state index contributed by atoms with van der Waals surface area (Å²) in [6, 6.07) is 2.73. The molecule has 2 aliphatic rings. The number of allylic oxidation sites excluding steroid dienone is 4. The van der Waals surface area contributed by atoms with Crippen LogP contribution >= 0.6 is 0 Å². The Balaban J connectivity index is 2.02. The lowest BCUT2D eigenvalue weighted by Crippen LogP contribution is -2.44. The van der Waals surface area contributed by atoms with Crippen LogP contribution in [0, 0.1) is 5.41 Å². The van der Waals surface area contributed by atoms with Gasteiger partial charge in [-0.25, -0.2) is 5.10 Å². The SMILES string of the molecule is CC1(C(F)(F)F)CC(c2ccc(=O)[nH]n2)=CC=C1N1CCCC1. The average Bonchev–Trinajstić information content (AvgIpc) is 3.00. The Kier molecular flexibility index (Phi) is 3.82. The van der Waals surface area contributed by atoms with Crippen LogP contribution in [-0.4, -0.2) is 34.4 Å². The number of aromatic amines is 1. The van der Waals surface area contributed by atoms with Crippen molar-refractivity contribution >= 4 is 5.57 Å². The largest absolute Gasteiger partial charge is 0.399 e. The minimum absolute atomic E-state index is 0.183. The van der Waals surface area contributed by atoms with E-state index in [-0.39, 0.29) is 12.0 Å². The van der Waals surface area contributed by atoms with E-state index in [1.165, 1.54) is 19.1 Å². The Hall–Kier alpha value is -2.05. The number of halogens is 3. The number of hydrogen-bond acceptors (Lipinski definition) is 3. The number of nitrogens with zero attached hydrogens (tertiary/aromatic N) is 2. The molecule has 23 heavy (non-hydrogen) atoms. The van der Waals surface area contributed by atoms with Gasteiger partial charge in [0.05, 0.1) is 5.69 Å². The Bertz CT molecular complexity index is 694. The second-order valence-corrected chi connectivity index (χ2v) is 6.25. The molecule has 0 aromatic carbocycles. The zero-order valence-corrected chi connectivity index (χ0v) is 12.8. The molecule has 124 valence electrons. The van der Waals surface area contributed by atoms with Gasteiger partial charge in [-0.2, -0.15) is 18.3 Å². The van der Waals surface area contributed by atoms with Crippen LogP contribution in [0.15, 0.2) is 34.8 Å². The van der Waals surface area contributed by atoms with E-state index in [9.17, 15) is 18.0 Å². The van der Waals surface area contributed by atoms with Crippen LogP contribution in [0.25, 0.3) is 5.57 Å². The highest BCUT2D eigenvalue weighted by atomic mass is 19.4. The number of hydrogen-bond donors (Lipinski definition) is 1. The third-order valence-electron chi connectivity index (χ3n) is 4.63. The minimum Gasteiger partial charge on any atom is -0.374 e. The molecule has 1 aromatic rings. The maximum absolute atomic E-state index is 13.8. The summed E-state index contributed by atoms with van der Waals surface area (Å²) in [7, 11) is 0. The third-order valence-corrected chi connectivity index (χ3v) is 4.63. The molecule has 1 aromatic heterocycles. The summed E-state index contributed by atoms with van der Waals surface area (Å²) in [5, 5.41) is 6.13. The Morgan fingerprint density at radius 3 is 2.48 bits per heavy atom. The maximum atomic E-state index is 13.8. The summed E-state index contributed by atoms with van der Waals surface area (Å²) in [6.07, 6.45) is 0.542. The van der Waals surface area contributed by atoms with Crippen molar-refractivity contribution in [1.29, 1.82) is 0 Å². The Labute approximate surface area is 131 Å². The van der Waals surface area contributed by atoms with Crippen molar-refractivity contribution in [3.05, 3.63) is 46.0 Å². The molecule has 1 fully saturated rings. The van der Waals surface area contributed by atoms with Gasteiger partial charge < -0.3 is 4.90 Å². The highest BCUT2D eigenvalue weighted by Crippen LogP contribution is 2.52. The first kappa shape index (κ1) is 15.8. The van der Waals surface area contributed by atoms with E-state index < -0.39 is 11.6 Å². The van der Waals surface area contributed by atoms with Crippen molar-refractivity contribution in [3.8, 4) is 0 Å². The number of alkyl halides is 3. The van der Waals surface area contributed by atoms with Gasteiger partial charge in [0.2, 0.25) is 0 Å². The molecule has 1 atom stereocenters. The van der Waals surface area contributed by atoms with Crippen molar-refractivity contribution in [1.82, 2.24) is 15.1 Å². The molecule has 7 heteroatoms. The van der Waals surface area contributed by atoms with Crippen molar-refractivity contribution in [2.24, 2.45) is 5.41 Å². The number of likely N-dealkylation sites (tertiary alicyclic amines) is 1. The van der Waals surface area contributed by atoms with Gasteiger partial charge in [0.25, 0.3) is 5.56 Å². The molecule has 2 heterocycles. The molecule has 0 spiro atoms. The summed E-state index contributed by atoms with van der Waals surface area (Å²) in [5.41, 5.74) is -1.15. The summed E-state index contributed by atoms with van der Waals surface area (Å²) >= 11 is 0. The molecule has 0 radical (unpaired) electrons. The molecule has 1 aliphatic carbocycles. The molecular weight excluding hydrogens is 307 g/mol. The number of aromatic nitrogens is 2. The number of rotatable bonds is 2. The molecular formula is C16H18F3N3O. The van der Waals surface area contributed by atoms with Crippen molar-refractivity contribution in [2.75, 3.05) is 13.1 Å². The quantitative estimate of drug-likeness (QED) is 0.909. The smallest absolute Gasteiger partial charge is 0.374 e. The molecule has 1 N–H and O–H groups in total. The van der Waals surface area contributed by atoms with Crippen LogP contribution in [-0.2, 0) is 0 Å². The van der Waals surface area contributed by atoms with E-state index in [4.69, 9.17) is 0 Å². The van der Waals surface area contributed by atoms with E-state index in [1.54, 1.807) is 12.2 Å². The molecule has 1 saturated heterocycles. The topological polar surface area (TPSA) is 49.0 Å². The van der Waals surface area contributed by atoms with Gasteiger partial charge >= 0.3 is 6.18 Å². The fourth-order valence-electron chi connectivity index (χ4n) is 3.25. The Morgan fingerprint density at radius 2 is 1.91 bits per heavy atom. The molecule has 0 bridgehead atoms. The monoisotopic (exact) mass is 325 g/mol. The van der Waals surface area contributed by atoms with Crippen molar-refractivity contribution in [3.63, 3.8) is 0 Å². The zero-order valence-electron chi connectivity index (χ0n) is 12.8. The van der Waals surface area contributed by atoms with E-state index >= 15 is 0 Å². The predicted molar refractivity (Wildman–Crippen MR) is 80.5 cm³/mol. The minimum atomic E-state index is -4.36. The molecule has 1 aliphatic heterocycles. The first-order chi connectivity index (χ1) is 10.8. The second-order valence-electron chi connectivity index (χ2n) is 6.25. The van der Waals surface area contributed by atoms with Gasteiger partial charge in [0.1, 0.15) is 5.41 Å². The first-order valence-electron chi connectivity index (χ1n) is 7.60. The van der Waals surface area contributed by atoms with E-state index in [2.05, 4.69) is 10.2 Å². The molecule has 3 rings (SSSR count). The van der Waals surface area contributed by atoms with Gasteiger partial charge in [0, 0.05) is 24.9 Å². The predicted octanol–water partition coefficient (Wildman–Crippen LogP) is 3.11. The molecule has 4 nitrogen and oxygen atoms in total. The summed E-state index contributed by atoms with van der Waals surface area (Å²) in [5.74, 6) is 0. The van der Waals surface area contributed by atoms with Crippen LogP contribution in [0.3, 0.4) is 0 Å². The van der Waals surface area contributed by atoms with Crippen LogP contribution in [0.5, 0.6) is 0 Å². The lowest BCUT2D eigenvalue weighted by Gasteiger charge is -2.41.